The zero-order valence-corrected chi connectivity index (χ0v) is 64.0. The second-order valence-electron chi connectivity index (χ2n) is 30.1. The van der Waals surface area contributed by atoms with Crippen molar-refractivity contribution >= 4 is 76.6 Å². The molecule has 7 N–H and O–H groups in total. The number of thioether (sulfide) groups is 1. The van der Waals surface area contributed by atoms with Crippen molar-refractivity contribution in [1.82, 2.24) is 55.6 Å². The molecule has 0 unspecified atom stereocenters. The molecule has 0 aromatic rings. The number of nitrogens with one attached hydrogen (secondary N) is 4. The second-order valence-corrected chi connectivity index (χ2v) is 31.3. The molecule has 26 heteroatoms. The van der Waals surface area contributed by atoms with Gasteiger partial charge in [-0.2, -0.15) is 11.8 Å². The van der Waals surface area contributed by atoms with E-state index in [0.29, 0.717) is 18.6 Å². The summed E-state index contributed by atoms with van der Waals surface area (Å²) in [6.45, 7) is 31.9. The average molecular weight is 1380 g/mol. The van der Waals surface area contributed by atoms with E-state index >= 15 is 28.8 Å². The van der Waals surface area contributed by atoms with Crippen LogP contribution in [0.1, 0.15) is 183 Å². The van der Waals surface area contributed by atoms with Gasteiger partial charge in [0.2, 0.25) is 59.1 Å². The lowest BCUT2D eigenvalue weighted by Gasteiger charge is -2.41. The summed E-state index contributed by atoms with van der Waals surface area (Å²) in [6, 6.07) is -14.0. The lowest BCUT2D eigenvalue weighted by molar-refractivity contribution is -0.157. The predicted molar refractivity (Wildman–Crippen MR) is 377 cm³/mol. The Labute approximate surface area is 579 Å². The van der Waals surface area contributed by atoms with Crippen molar-refractivity contribution < 1.29 is 68.1 Å². The first-order chi connectivity index (χ1) is 44.1. The van der Waals surface area contributed by atoms with Crippen molar-refractivity contribution in [2.75, 3.05) is 67.4 Å². The molecule has 1 heterocycles. The largest absolute Gasteiger partial charge is 0.390 e. The molecule has 0 aromatic heterocycles. The van der Waals surface area contributed by atoms with E-state index in [4.69, 9.17) is 0 Å². The Bertz CT molecular complexity index is 2620. The van der Waals surface area contributed by atoms with Crippen LogP contribution in [0.2, 0.25) is 0 Å². The monoisotopic (exact) mass is 1380 g/mol. The topological polar surface area (TPSA) is 319 Å². The van der Waals surface area contributed by atoms with E-state index in [-0.39, 0.29) is 62.0 Å². The van der Waals surface area contributed by atoms with Gasteiger partial charge < -0.3 is 66.0 Å². The molecule has 96 heavy (non-hydrogen) atoms. The van der Waals surface area contributed by atoms with Crippen molar-refractivity contribution in [2.24, 2.45) is 35.5 Å². The van der Waals surface area contributed by atoms with Crippen LogP contribution in [-0.2, 0) is 52.7 Å². The van der Waals surface area contributed by atoms with Gasteiger partial charge in [-0.05, 0) is 142 Å². The molecule has 10 amide bonds. The van der Waals surface area contributed by atoms with Crippen LogP contribution >= 0.6 is 11.8 Å². The molecule has 0 aliphatic carbocycles. The lowest BCUT2D eigenvalue weighted by Crippen LogP contribution is -2.64. The molecule has 1 saturated heterocycles. The molecule has 13 atom stereocenters. The van der Waals surface area contributed by atoms with E-state index in [1.165, 1.54) is 118 Å². The predicted octanol–water partition coefficient (Wildman–Crippen LogP) is 4.08. The Balaban J connectivity index is 4.52. The molecule has 552 valence electrons. The summed E-state index contributed by atoms with van der Waals surface area (Å²) >= 11 is 1.36. The number of hydrogen-bond acceptors (Lipinski definition) is 16. The van der Waals surface area contributed by atoms with Crippen LogP contribution in [0.3, 0.4) is 0 Å². The number of carbonyl (C=O) groups excluding carboxylic acids is 11. The minimum Gasteiger partial charge on any atom is -0.390 e. The van der Waals surface area contributed by atoms with E-state index in [0.717, 1.165) is 4.90 Å². The van der Waals surface area contributed by atoms with E-state index in [1.54, 1.807) is 74.5 Å². The molecular formula is C70H127N11O14S. The third-order valence-electron chi connectivity index (χ3n) is 17.9. The third-order valence-corrected chi connectivity index (χ3v) is 19.1. The van der Waals surface area contributed by atoms with E-state index < -0.39 is 173 Å². The Morgan fingerprint density at radius 2 is 0.979 bits per heavy atom. The molecular weight excluding hydrogens is 1250 g/mol. The fourth-order valence-electron chi connectivity index (χ4n) is 12.0. The lowest BCUT2D eigenvalue weighted by atomic mass is 9.91. The van der Waals surface area contributed by atoms with Gasteiger partial charge in [-0.3, -0.25) is 57.6 Å². The number of aliphatic hydroxyl groups is 3. The van der Waals surface area contributed by atoms with Gasteiger partial charge in [0.15, 0.2) is 5.78 Å². The van der Waals surface area contributed by atoms with Crippen molar-refractivity contribution in [3.8, 4) is 0 Å². The van der Waals surface area contributed by atoms with Crippen molar-refractivity contribution in [2.45, 2.75) is 267 Å². The number of Topliss-reactive ketones (excluding diaryl/α,β-unsaturated/α-hetero) is 1. The normalized spacial score (nSPS) is 26.6. The highest BCUT2D eigenvalue weighted by molar-refractivity contribution is 7.99. The summed E-state index contributed by atoms with van der Waals surface area (Å²) in [6.07, 6.45) is 3.45. The molecule has 25 nitrogen and oxygen atoms in total. The second kappa shape index (κ2) is 39.8. The van der Waals surface area contributed by atoms with Gasteiger partial charge in [-0.1, -0.05) is 95.2 Å². The number of ketones is 1. The summed E-state index contributed by atoms with van der Waals surface area (Å²) in [4.78, 5) is 172. The number of hydrogen-bond donors (Lipinski definition) is 7. The number of carbonyl (C=O) groups is 11. The maximum Gasteiger partial charge on any atom is 0.246 e. The molecule has 1 rings (SSSR count). The Morgan fingerprint density at radius 3 is 1.45 bits per heavy atom. The van der Waals surface area contributed by atoms with Gasteiger partial charge >= 0.3 is 0 Å². The van der Waals surface area contributed by atoms with Gasteiger partial charge in [0.1, 0.15) is 60.4 Å². The average Bonchev–Trinajstić information content (AvgIpc) is 0.809. The van der Waals surface area contributed by atoms with Crippen molar-refractivity contribution in [3.63, 3.8) is 0 Å². The molecule has 0 aromatic carbocycles. The molecule has 1 aliphatic rings. The summed E-state index contributed by atoms with van der Waals surface area (Å²) < 4.78 is 0. The SMILES string of the molecule is C/C=C/C[C@@H](C)[C@@H](O)[C@H]1C(=O)N[C@@H](CC)C(=O)N(C)[C@H](CSCCCC(C)(C)O)C(=O)CN(C)[C@@H](CC(C)(C)O)C(=O)N[C@@H](C(C)C)C(=O)N(C)[C@@H](CC(C)C)C(=O)N[C@@H](C)C(=O)N[C@H](C)C(=O)N(C)[C@@H](CC(C)C)C(=O)N(C)[C@@H](CC(C)C)C(=O)N(C)[C@@H](C(C)C)C(=O)N1C. The zero-order valence-electron chi connectivity index (χ0n) is 63.2. The van der Waals surface area contributed by atoms with E-state index in [2.05, 4.69) is 21.3 Å². The first kappa shape index (κ1) is 88.3. The van der Waals surface area contributed by atoms with Gasteiger partial charge in [-0.25, -0.2) is 0 Å². The fourth-order valence-corrected chi connectivity index (χ4v) is 13.1. The van der Waals surface area contributed by atoms with E-state index in [9.17, 15) is 39.3 Å². The highest BCUT2D eigenvalue weighted by Gasteiger charge is 2.46. The Morgan fingerprint density at radius 1 is 0.521 bits per heavy atom. The van der Waals surface area contributed by atoms with Gasteiger partial charge in [0.25, 0.3) is 0 Å². The first-order valence-electron chi connectivity index (χ1n) is 34.5. The summed E-state index contributed by atoms with van der Waals surface area (Å²) in [5.41, 5.74) is -2.48. The standard InChI is InChI=1S/C70H127N11O14S/c1-27-29-31-45(13)58(83)57-62(87)73-48(28-2)64(89)79(24)53(39-96-33-30-32-69(16,17)94)54(82)38-75(20)52(37-70(18,19)95)61(86)74-55(43(9)10)67(92)76(21)49(34-40(3)4)60(85)71-46(14)59(84)72-47(15)63(88)77(22)50(35-41(5)6)65(90)78(23)51(36-42(7)8)66(91)80(25)56(44(11)12)68(93)81(57)26/h27,29,40-53,55-58,83,94-95H,28,30-39H2,1-26H3,(H,71,85)(H,72,84)(H,73,87)(H,74,86)/b29-27+/t45-,46+,47-,48+,49+,50+,51+,52+,53-,55+,56+,57+,58-/m1/s1. The smallest absolute Gasteiger partial charge is 0.246 e. The van der Waals surface area contributed by atoms with Crippen molar-refractivity contribution in [1.29, 1.82) is 0 Å². The highest BCUT2D eigenvalue weighted by Crippen LogP contribution is 2.27. The summed E-state index contributed by atoms with van der Waals surface area (Å²) in [5.74, 6) is -9.42. The molecule has 1 fully saturated rings. The molecule has 0 bridgehead atoms. The number of allylic oxidation sites excluding steroid dienone is 2. The molecule has 0 radical (unpaired) electrons. The maximum atomic E-state index is 15.4. The highest BCUT2D eigenvalue weighted by atomic mass is 32.2. The zero-order chi connectivity index (χ0) is 74.5. The quantitative estimate of drug-likeness (QED) is 0.0629. The van der Waals surface area contributed by atoms with Crippen molar-refractivity contribution in [3.05, 3.63) is 12.2 Å². The number of nitrogens with zero attached hydrogens (tertiary/aromatic N) is 7. The van der Waals surface area contributed by atoms with Crippen LogP contribution in [0.15, 0.2) is 12.2 Å². The van der Waals surface area contributed by atoms with Crippen LogP contribution in [-0.4, -0.2) is 266 Å². The number of amides is 10. The number of rotatable bonds is 21. The van der Waals surface area contributed by atoms with Gasteiger partial charge in [0, 0.05) is 54.5 Å². The van der Waals surface area contributed by atoms with Gasteiger partial charge in [-0.15, -0.1) is 0 Å². The Kier molecular flexibility index (Phi) is 36.6. The molecule has 0 spiro atoms. The van der Waals surface area contributed by atoms with Crippen LogP contribution in [0.4, 0.5) is 0 Å². The third kappa shape index (κ3) is 26.9. The first-order valence-corrected chi connectivity index (χ1v) is 35.6. The van der Waals surface area contributed by atoms with Crippen LogP contribution in [0.25, 0.3) is 0 Å². The fraction of sp³-hybridized carbons (Fsp3) is 0.814. The van der Waals surface area contributed by atoms with Crippen LogP contribution in [0, 0.1) is 35.5 Å². The van der Waals surface area contributed by atoms with Gasteiger partial charge in [0.05, 0.1) is 29.9 Å². The van der Waals surface area contributed by atoms with Crippen LogP contribution in [0.5, 0.6) is 0 Å². The maximum absolute atomic E-state index is 15.4. The molecule has 1 aliphatic heterocycles. The number of aliphatic hydroxyl groups excluding tert-OH is 1. The molecule has 0 saturated carbocycles. The van der Waals surface area contributed by atoms with Crippen LogP contribution < -0.4 is 21.3 Å². The minimum atomic E-state index is -1.66. The Hall–Kier alpha value is -5.70. The summed E-state index contributed by atoms with van der Waals surface area (Å²) in [7, 11) is 10.0. The minimum absolute atomic E-state index is 0.0171. The number of likely N-dealkylation sites (N-methyl/N-ethyl adjacent to an activating group) is 7. The van der Waals surface area contributed by atoms with E-state index in [1.807, 2.05) is 41.5 Å². The summed E-state index contributed by atoms with van der Waals surface area (Å²) in [5, 5.41) is 45.2.